The molecule has 0 unspecified atom stereocenters. The van der Waals surface area contributed by atoms with Gasteiger partial charge >= 0.3 is 0 Å². The number of para-hydroxylation sites is 1. The molecular weight excluding hydrogens is 378 g/mol. The Morgan fingerprint density at radius 2 is 1.60 bits per heavy atom. The molecule has 30 heavy (non-hydrogen) atoms. The van der Waals surface area contributed by atoms with Crippen LogP contribution in [0.4, 0.5) is 0 Å². The molecule has 0 aromatic heterocycles. The molecule has 2 aliphatic rings. The number of hydrogen-bond donors (Lipinski definition) is 2. The van der Waals surface area contributed by atoms with Crippen LogP contribution < -0.4 is 4.74 Å². The van der Waals surface area contributed by atoms with E-state index in [1.165, 1.54) is 5.56 Å². The molecule has 0 radical (unpaired) electrons. The van der Waals surface area contributed by atoms with Crippen LogP contribution in [0.2, 0.25) is 0 Å². The van der Waals surface area contributed by atoms with Gasteiger partial charge in [0.15, 0.2) is 0 Å². The van der Waals surface area contributed by atoms with Crippen LogP contribution in [-0.4, -0.2) is 65.8 Å². The van der Waals surface area contributed by atoms with Crippen molar-refractivity contribution in [2.45, 2.75) is 42.8 Å². The quantitative estimate of drug-likeness (QED) is 0.764. The summed E-state index contributed by atoms with van der Waals surface area (Å²) in [6, 6.07) is 20.1. The Kier molecular flexibility index (Phi) is 6.74. The van der Waals surface area contributed by atoms with Crippen LogP contribution >= 0.6 is 0 Å². The van der Waals surface area contributed by atoms with Crippen molar-refractivity contribution in [3.05, 3.63) is 66.2 Å². The first-order chi connectivity index (χ1) is 14.5. The maximum absolute atomic E-state index is 11.3. The minimum Gasteiger partial charge on any atom is -0.490 e. The molecule has 0 bridgehead atoms. The van der Waals surface area contributed by atoms with Crippen LogP contribution in [0.1, 0.15) is 37.2 Å². The first-order valence-electron chi connectivity index (χ1n) is 11.0. The molecule has 2 aromatic rings. The number of hydrogen-bond acceptors (Lipinski definition) is 5. The Balaban J connectivity index is 1.33. The van der Waals surface area contributed by atoms with Gasteiger partial charge in [0.05, 0.1) is 18.8 Å². The van der Waals surface area contributed by atoms with E-state index in [0.717, 1.165) is 31.4 Å². The molecule has 2 aromatic carbocycles. The van der Waals surface area contributed by atoms with Crippen LogP contribution in [0.3, 0.4) is 0 Å². The van der Waals surface area contributed by atoms with Gasteiger partial charge in [-0.25, -0.2) is 0 Å². The van der Waals surface area contributed by atoms with Crippen molar-refractivity contribution in [2.75, 3.05) is 39.5 Å². The maximum Gasteiger partial charge on any atom is 0.134 e. The second-order valence-electron chi connectivity index (χ2n) is 9.00. The largest absolute Gasteiger partial charge is 0.490 e. The van der Waals surface area contributed by atoms with Crippen LogP contribution in [-0.2, 0) is 4.74 Å². The van der Waals surface area contributed by atoms with Crippen molar-refractivity contribution in [3.63, 3.8) is 0 Å². The van der Waals surface area contributed by atoms with Crippen molar-refractivity contribution < 1.29 is 19.7 Å². The number of nitrogens with zero attached hydrogens (tertiary/aromatic N) is 1. The van der Waals surface area contributed by atoms with E-state index >= 15 is 0 Å². The Morgan fingerprint density at radius 1 is 0.933 bits per heavy atom. The van der Waals surface area contributed by atoms with Crippen LogP contribution in [0.15, 0.2) is 60.7 Å². The van der Waals surface area contributed by atoms with Gasteiger partial charge in [0, 0.05) is 19.6 Å². The SMILES string of the molecule is OC1(CN2CCOC[C@](O)(COc3ccccc3)C2)CCC(c2ccccc2)CC1. The highest BCUT2D eigenvalue weighted by Crippen LogP contribution is 2.38. The molecule has 4 rings (SSSR count). The zero-order valence-corrected chi connectivity index (χ0v) is 17.6. The first-order valence-corrected chi connectivity index (χ1v) is 11.0. The molecule has 162 valence electrons. The van der Waals surface area contributed by atoms with Gasteiger partial charge in [0.1, 0.15) is 18.0 Å². The normalized spacial score (nSPS) is 30.5. The molecule has 1 atom stereocenters. The number of benzene rings is 2. The fourth-order valence-corrected chi connectivity index (χ4v) is 4.74. The molecule has 5 nitrogen and oxygen atoms in total. The summed E-state index contributed by atoms with van der Waals surface area (Å²) in [5.74, 6) is 1.26. The van der Waals surface area contributed by atoms with Gasteiger partial charge in [-0.05, 0) is 49.3 Å². The van der Waals surface area contributed by atoms with E-state index in [4.69, 9.17) is 9.47 Å². The minimum atomic E-state index is -1.09. The Hall–Kier alpha value is -1.92. The lowest BCUT2D eigenvalue weighted by Crippen LogP contribution is -2.53. The molecule has 1 saturated heterocycles. The van der Waals surface area contributed by atoms with E-state index < -0.39 is 11.2 Å². The van der Waals surface area contributed by atoms with E-state index in [1.54, 1.807) is 0 Å². The van der Waals surface area contributed by atoms with Crippen molar-refractivity contribution >= 4 is 0 Å². The summed E-state index contributed by atoms with van der Waals surface area (Å²) in [5, 5.41) is 22.4. The van der Waals surface area contributed by atoms with Gasteiger partial charge < -0.3 is 19.7 Å². The maximum atomic E-state index is 11.3. The number of rotatable bonds is 6. The van der Waals surface area contributed by atoms with E-state index in [1.807, 2.05) is 36.4 Å². The van der Waals surface area contributed by atoms with E-state index in [0.29, 0.717) is 32.2 Å². The van der Waals surface area contributed by atoms with Crippen LogP contribution in [0.25, 0.3) is 0 Å². The summed E-state index contributed by atoms with van der Waals surface area (Å²) in [6.45, 7) is 2.66. The summed E-state index contributed by atoms with van der Waals surface area (Å²) < 4.78 is 11.5. The third kappa shape index (κ3) is 5.61. The molecule has 2 N–H and O–H groups in total. The van der Waals surface area contributed by atoms with Gasteiger partial charge in [-0.15, -0.1) is 0 Å². The molecule has 0 spiro atoms. The zero-order chi connectivity index (χ0) is 20.9. The lowest BCUT2D eigenvalue weighted by atomic mass is 9.76. The van der Waals surface area contributed by atoms with Crippen molar-refractivity contribution in [1.29, 1.82) is 0 Å². The summed E-state index contributed by atoms with van der Waals surface area (Å²) in [6.07, 6.45) is 3.55. The Bertz CT molecular complexity index is 776. The molecule has 1 saturated carbocycles. The predicted octanol–water partition coefficient (Wildman–Crippen LogP) is 3.22. The lowest BCUT2D eigenvalue weighted by molar-refractivity contribution is -0.0766. The van der Waals surface area contributed by atoms with E-state index in [-0.39, 0.29) is 13.2 Å². The summed E-state index contributed by atoms with van der Waals surface area (Å²) >= 11 is 0. The van der Waals surface area contributed by atoms with Crippen molar-refractivity contribution in [3.8, 4) is 5.75 Å². The summed E-state index contributed by atoms with van der Waals surface area (Å²) in [5.41, 5.74) is -0.434. The molecule has 1 aliphatic heterocycles. The fourth-order valence-electron chi connectivity index (χ4n) is 4.74. The molecule has 1 heterocycles. The highest BCUT2D eigenvalue weighted by molar-refractivity contribution is 5.21. The topological polar surface area (TPSA) is 62.2 Å². The lowest BCUT2D eigenvalue weighted by Gasteiger charge is -2.40. The van der Waals surface area contributed by atoms with Gasteiger partial charge in [-0.1, -0.05) is 48.5 Å². The molecule has 1 aliphatic carbocycles. The third-order valence-corrected chi connectivity index (χ3v) is 6.40. The summed E-state index contributed by atoms with van der Waals surface area (Å²) in [4.78, 5) is 2.14. The zero-order valence-electron chi connectivity index (χ0n) is 17.6. The average molecular weight is 412 g/mol. The van der Waals surface area contributed by atoms with Crippen molar-refractivity contribution in [2.24, 2.45) is 0 Å². The number of aliphatic hydroxyl groups is 2. The molecular formula is C25H33NO4. The van der Waals surface area contributed by atoms with Crippen LogP contribution in [0, 0.1) is 0 Å². The first kappa shape index (κ1) is 21.3. The second-order valence-corrected chi connectivity index (χ2v) is 9.00. The molecule has 2 fully saturated rings. The summed E-state index contributed by atoms with van der Waals surface area (Å²) in [7, 11) is 0. The van der Waals surface area contributed by atoms with Crippen LogP contribution in [0.5, 0.6) is 5.75 Å². The van der Waals surface area contributed by atoms with Gasteiger partial charge in [0.25, 0.3) is 0 Å². The van der Waals surface area contributed by atoms with E-state index in [2.05, 4.69) is 29.2 Å². The van der Waals surface area contributed by atoms with Gasteiger partial charge in [0.2, 0.25) is 0 Å². The minimum absolute atomic E-state index is 0.169. The smallest absolute Gasteiger partial charge is 0.134 e. The standard InChI is InChI=1S/C25H33NO4/c27-24(13-11-22(12-14-24)21-7-3-1-4-8-21)17-26-15-16-29-19-25(28,18-26)20-30-23-9-5-2-6-10-23/h1-10,22,27-28H,11-20H2/t22?,24?,25-/m0/s1. The fraction of sp³-hybridized carbons (Fsp3) is 0.520. The third-order valence-electron chi connectivity index (χ3n) is 6.40. The highest BCUT2D eigenvalue weighted by atomic mass is 16.5. The second kappa shape index (κ2) is 9.48. The van der Waals surface area contributed by atoms with Crippen molar-refractivity contribution in [1.82, 2.24) is 4.90 Å². The van der Waals surface area contributed by atoms with E-state index in [9.17, 15) is 10.2 Å². The Morgan fingerprint density at radius 3 is 2.30 bits per heavy atom. The average Bonchev–Trinajstić information content (AvgIpc) is 2.95. The van der Waals surface area contributed by atoms with Gasteiger partial charge in [-0.2, -0.15) is 0 Å². The number of β-amino-alcohol motifs (C(OH)–C–C–N with tert-alkyl or cyclic N) is 2. The molecule has 0 amide bonds. The monoisotopic (exact) mass is 411 g/mol. The number of ether oxygens (including phenoxy) is 2. The Labute approximate surface area is 179 Å². The van der Waals surface area contributed by atoms with Gasteiger partial charge in [-0.3, -0.25) is 4.90 Å². The predicted molar refractivity (Wildman–Crippen MR) is 117 cm³/mol. The molecule has 5 heteroatoms. The highest BCUT2D eigenvalue weighted by Gasteiger charge is 2.39.